The molecule has 1 fully saturated rings. The number of halogens is 1. The molecule has 1 aliphatic heterocycles. The highest BCUT2D eigenvalue weighted by Crippen LogP contribution is 2.20. The molecule has 3 nitrogen and oxygen atoms in total. The maximum absolute atomic E-state index is 12.1. The fraction of sp³-hybridized carbons (Fsp3) is 0.417. The van der Waals surface area contributed by atoms with Crippen molar-refractivity contribution < 1.29 is 9.90 Å². The second kappa shape index (κ2) is 4.44. The number of likely N-dealkylation sites (tertiary alicyclic amines) is 1. The van der Waals surface area contributed by atoms with Crippen molar-refractivity contribution in [2.45, 2.75) is 25.5 Å². The number of hydrogen-bond donors (Lipinski definition) is 1. The number of β-amino-alcohol motifs (C(OH)–C–C–N with tert-alkyl or cyclic N) is 1. The topological polar surface area (TPSA) is 40.5 Å². The Morgan fingerprint density at radius 1 is 1.44 bits per heavy atom. The summed E-state index contributed by atoms with van der Waals surface area (Å²) in [6.07, 6.45) is 0.255. The average molecular weight is 240 g/mol. The van der Waals surface area contributed by atoms with E-state index in [9.17, 15) is 9.90 Å². The molecule has 0 bridgehead atoms. The zero-order valence-electron chi connectivity index (χ0n) is 9.06. The van der Waals surface area contributed by atoms with Gasteiger partial charge in [-0.05, 0) is 37.6 Å². The van der Waals surface area contributed by atoms with Gasteiger partial charge >= 0.3 is 0 Å². The molecule has 1 N–H and O–H groups in total. The molecule has 16 heavy (non-hydrogen) atoms. The second-order valence-corrected chi connectivity index (χ2v) is 4.64. The molecule has 1 heterocycles. The lowest BCUT2D eigenvalue weighted by atomic mass is 10.2. The summed E-state index contributed by atoms with van der Waals surface area (Å²) in [6, 6.07) is 6.92. The number of aliphatic hydroxyl groups excluding tert-OH is 1. The molecule has 0 aliphatic carbocycles. The van der Waals surface area contributed by atoms with E-state index in [1.165, 1.54) is 0 Å². The van der Waals surface area contributed by atoms with Gasteiger partial charge in [0.1, 0.15) is 0 Å². The minimum atomic E-state index is -0.397. The number of carbonyl (C=O) groups excluding carboxylic acids is 1. The van der Waals surface area contributed by atoms with Crippen LogP contribution in [0, 0.1) is 0 Å². The first kappa shape index (κ1) is 11.4. The standard InChI is InChI=1S/C12H14ClNO2/c1-8-6-11(15)7-14(8)12(16)9-2-4-10(13)5-3-9/h2-5,8,11,15H,6-7H2,1H3/t8-,11+/m0/s1. The largest absolute Gasteiger partial charge is 0.391 e. The molecule has 1 aromatic carbocycles. The maximum Gasteiger partial charge on any atom is 0.254 e. The Bertz CT molecular complexity index is 391. The molecule has 1 aromatic rings. The Balaban J connectivity index is 2.16. The zero-order valence-corrected chi connectivity index (χ0v) is 9.81. The van der Waals surface area contributed by atoms with Gasteiger partial charge in [-0.1, -0.05) is 11.6 Å². The Morgan fingerprint density at radius 2 is 2.06 bits per heavy atom. The van der Waals surface area contributed by atoms with E-state index >= 15 is 0 Å². The highest BCUT2D eigenvalue weighted by atomic mass is 35.5. The molecule has 2 atom stereocenters. The zero-order chi connectivity index (χ0) is 11.7. The minimum Gasteiger partial charge on any atom is -0.391 e. The lowest BCUT2D eigenvalue weighted by Crippen LogP contribution is -2.34. The smallest absolute Gasteiger partial charge is 0.254 e. The van der Waals surface area contributed by atoms with E-state index in [1.807, 2.05) is 6.92 Å². The number of benzene rings is 1. The summed E-state index contributed by atoms with van der Waals surface area (Å²) < 4.78 is 0. The first-order valence-electron chi connectivity index (χ1n) is 5.32. The highest BCUT2D eigenvalue weighted by molar-refractivity contribution is 6.30. The van der Waals surface area contributed by atoms with Crippen LogP contribution in [0.25, 0.3) is 0 Å². The molecule has 0 saturated carbocycles. The molecule has 86 valence electrons. The summed E-state index contributed by atoms with van der Waals surface area (Å²) >= 11 is 5.76. The molecule has 4 heteroatoms. The van der Waals surface area contributed by atoms with Crippen LogP contribution in [0.4, 0.5) is 0 Å². The van der Waals surface area contributed by atoms with Crippen LogP contribution in [0.1, 0.15) is 23.7 Å². The molecule has 1 aliphatic rings. The van der Waals surface area contributed by atoms with E-state index in [2.05, 4.69) is 0 Å². The van der Waals surface area contributed by atoms with Gasteiger partial charge in [-0.2, -0.15) is 0 Å². The first-order chi connectivity index (χ1) is 7.58. The molecule has 0 aromatic heterocycles. The van der Waals surface area contributed by atoms with E-state index in [0.717, 1.165) is 0 Å². The molecular formula is C12H14ClNO2. The van der Waals surface area contributed by atoms with Gasteiger partial charge in [0.15, 0.2) is 0 Å². The van der Waals surface area contributed by atoms with E-state index in [-0.39, 0.29) is 11.9 Å². The molecule has 0 radical (unpaired) electrons. The molecule has 1 saturated heterocycles. The predicted octanol–water partition coefficient (Wildman–Crippen LogP) is 1.94. The fourth-order valence-electron chi connectivity index (χ4n) is 2.04. The quantitative estimate of drug-likeness (QED) is 0.814. The van der Waals surface area contributed by atoms with Crippen LogP contribution in [0.2, 0.25) is 5.02 Å². The van der Waals surface area contributed by atoms with Gasteiger partial charge in [0.05, 0.1) is 6.10 Å². The lowest BCUT2D eigenvalue weighted by molar-refractivity contribution is 0.0726. The number of carbonyl (C=O) groups is 1. The van der Waals surface area contributed by atoms with Crippen molar-refractivity contribution in [3.05, 3.63) is 34.9 Å². The summed E-state index contributed by atoms with van der Waals surface area (Å²) in [5.41, 5.74) is 0.616. The van der Waals surface area contributed by atoms with E-state index in [1.54, 1.807) is 29.2 Å². The summed E-state index contributed by atoms with van der Waals surface area (Å²) in [5.74, 6) is -0.0410. The normalized spacial score (nSPS) is 24.8. The van der Waals surface area contributed by atoms with Crippen LogP contribution in [0.15, 0.2) is 24.3 Å². The monoisotopic (exact) mass is 239 g/mol. The van der Waals surface area contributed by atoms with Crippen LogP contribution in [-0.4, -0.2) is 34.6 Å². The van der Waals surface area contributed by atoms with Gasteiger partial charge in [0.25, 0.3) is 5.91 Å². The number of hydrogen-bond acceptors (Lipinski definition) is 2. The molecule has 0 spiro atoms. The first-order valence-corrected chi connectivity index (χ1v) is 5.70. The van der Waals surface area contributed by atoms with Gasteiger partial charge in [-0.3, -0.25) is 4.79 Å². The number of nitrogens with zero attached hydrogens (tertiary/aromatic N) is 1. The van der Waals surface area contributed by atoms with Crippen molar-refractivity contribution in [3.63, 3.8) is 0 Å². The third-order valence-corrected chi connectivity index (χ3v) is 3.16. The third-order valence-electron chi connectivity index (χ3n) is 2.90. The number of amides is 1. The van der Waals surface area contributed by atoms with Crippen LogP contribution < -0.4 is 0 Å². The fourth-order valence-corrected chi connectivity index (χ4v) is 2.17. The Morgan fingerprint density at radius 3 is 2.56 bits per heavy atom. The SMILES string of the molecule is C[C@H]1C[C@@H](O)CN1C(=O)c1ccc(Cl)cc1. The van der Waals surface area contributed by atoms with Crippen LogP contribution in [0.5, 0.6) is 0 Å². The second-order valence-electron chi connectivity index (χ2n) is 4.20. The molecule has 2 rings (SSSR count). The summed E-state index contributed by atoms with van der Waals surface area (Å²) in [4.78, 5) is 13.8. The highest BCUT2D eigenvalue weighted by Gasteiger charge is 2.31. The van der Waals surface area contributed by atoms with Gasteiger partial charge < -0.3 is 10.0 Å². The van der Waals surface area contributed by atoms with Gasteiger partial charge in [0, 0.05) is 23.2 Å². The summed E-state index contributed by atoms with van der Waals surface area (Å²) in [7, 11) is 0. The van der Waals surface area contributed by atoms with Crippen LogP contribution >= 0.6 is 11.6 Å². The summed E-state index contributed by atoms with van der Waals surface area (Å²) in [5, 5.41) is 10.1. The van der Waals surface area contributed by atoms with Crippen molar-refractivity contribution in [1.29, 1.82) is 0 Å². The number of aliphatic hydroxyl groups is 1. The van der Waals surface area contributed by atoms with Crippen LogP contribution in [-0.2, 0) is 0 Å². The molecule has 1 amide bonds. The summed E-state index contributed by atoms with van der Waals surface area (Å²) in [6.45, 7) is 2.37. The lowest BCUT2D eigenvalue weighted by Gasteiger charge is -2.21. The van der Waals surface area contributed by atoms with Gasteiger partial charge in [-0.15, -0.1) is 0 Å². The Labute approximate surface area is 99.6 Å². The molecular weight excluding hydrogens is 226 g/mol. The van der Waals surface area contributed by atoms with Gasteiger partial charge in [0.2, 0.25) is 0 Å². The van der Waals surface area contributed by atoms with Crippen molar-refractivity contribution in [3.8, 4) is 0 Å². The Hall–Kier alpha value is -1.06. The molecule has 0 unspecified atom stereocenters. The van der Waals surface area contributed by atoms with E-state index in [4.69, 9.17) is 11.6 Å². The van der Waals surface area contributed by atoms with Crippen molar-refractivity contribution in [1.82, 2.24) is 4.90 Å². The maximum atomic E-state index is 12.1. The van der Waals surface area contributed by atoms with Crippen molar-refractivity contribution >= 4 is 17.5 Å². The van der Waals surface area contributed by atoms with E-state index < -0.39 is 6.10 Å². The third kappa shape index (κ3) is 2.20. The minimum absolute atomic E-state index is 0.0410. The van der Waals surface area contributed by atoms with Crippen LogP contribution in [0.3, 0.4) is 0 Å². The Kier molecular flexibility index (Phi) is 3.17. The van der Waals surface area contributed by atoms with Crippen molar-refractivity contribution in [2.24, 2.45) is 0 Å². The average Bonchev–Trinajstić information content (AvgIpc) is 2.58. The van der Waals surface area contributed by atoms with Crippen molar-refractivity contribution in [2.75, 3.05) is 6.54 Å². The van der Waals surface area contributed by atoms with Gasteiger partial charge in [-0.25, -0.2) is 0 Å². The predicted molar refractivity (Wildman–Crippen MR) is 62.6 cm³/mol. The number of rotatable bonds is 1. The van der Waals surface area contributed by atoms with E-state index in [0.29, 0.717) is 23.6 Å².